The first-order valence-corrected chi connectivity index (χ1v) is 9.73. The second-order valence-corrected chi connectivity index (χ2v) is 7.15. The normalized spacial score (nSPS) is 17.1. The van der Waals surface area contributed by atoms with E-state index >= 15 is 0 Å². The molecule has 0 N–H and O–H groups in total. The van der Waals surface area contributed by atoms with Crippen molar-refractivity contribution in [1.29, 1.82) is 0 Å². The molecular formula is C22H23N5O3. The van der Waals surface area contributed by atoms with Crippen LogP contribution in [0, 0.1) is 0 Å². The number of nitrogens with zero attached hydrogens (tertiary/aromatic N) is 5. The lowest BCUT2D eigenvalue weighted by molar-refractivity contribution is -0.132. The molecule has 2 amide bonds. The molecule has 0 radical (unpaired) electrons. The predicted octanol–water partition coefficient (Wildman–Crippen LogP) is 1.77. The van der Waals surface area contributed by atoms with Gasteiger partial charge in [-0.2, -0.15) is 5.10 Å². The number of pyridine rings is 1. The van der Waals surface area contributed by atoms with Crippen molar-refractivity contribution in [1.82, 2.24) is 24.6 Å². The van der Waals surface area contributed by atoms with Gasteiger partial charge in [-0.3, -0.25) is 14.6 Å². The molecule has 3 heterocycles. The molecule has 8 nitrogen and oxygen atoms in total. The molecule has 1 aliphatic rings. The van der Waals surface area contributed by atoms with E-state index < -0.39 is 0 Å². The molecule has 1 unspecified atom stereocenters. The first-order chi connectivity index (χ1) is 14.7. The Morgan fingerprint density at radius 2 is 2.00 bits per heavy atom. The molecule has 1 saturated heterocycles. The number of rotatable bonds is 5. The number of carbonyl (C=O) groups excluding carboxylic acids is 2. The van der Waals surface area contributed by atoms with E-state index in [-0.39, 0.29) is 24.5 Å². The van der Waals surface area contributed by atoms with Crippen LogP contribution in [-0.2, 0) is 16.1 Å². The SMILES string of the molecule is COC1CN(Cc2cccnc2)C(=O)CN(C(=O)c2ccccc2-n2cccn2)C1. The van der Waals surface area contributed by atoms with E-state index in [0.29, 0.717) is 30.9 Å². The molecule has 1 aromatic carbocycles. The van der Waals surface area contributed by atoms with Crippen LogP contribution < -0.4 is 0 Å². The zero-order valence-corrected chi connectivity index (χ0v) is 16.7. The molecular weight excluding hydrogens is 382 g/mol. The third kappa shape index (κ3) is 4.23. The maximum atomic E-state index is 13.4. The Hall–Kier alpha value is -3.52. The largest absolute Gasteiger partial charge is 0.378 e. The van der Waals surface area contributed by atoms with Crippen LogP contribution in [0.3, 0.4) is 0 Å². The monoisotopic (exact) mass is 405 g/mol. The molecule has 154 valence electrons. The number of carbonyl (C=O) groups is 2. The Kier molecular flexibility index (Phi) is 5.85. The van der Waals surface area contributed by atoms with Crippen molar-refractivity contribution >= 4 is 11.8 Å². The summed E-state index contributed by atoms with van der Waals surface area (Å²) in [6.45, 7) is 1.16. The first kappa shape index (κ1) is 19.8. The summed E-state index contributed by atoms with van der Waals surface area (Å²) in [4.78, 5) is 33.8. The Balaban J connectivity index is 1.58. The minimum absolute atomic E-state index is 0.00754. The summed E-state index contributed by atoms with van der Waals surface area (Å²) < 4.78 is 7.23. The average molecular weight is 405 g/mol. The van der Waals surface area contributed by atoms with Crippen LogP contribution in [0.5, 0.6) is 0 Å². The number of hydrogen-bond donors (Lipinski definition) is 0. The summed E-state index contributed by atoms with van der Waals surface area (Å²) >= 11 is 0. The third-order valence-corrected chi connectivity index (χ3v) is 5.13. The fourth-order valence-electron chi connectivity index (χ4n) is 3.58. The maximum Gasteiger partial charge on any atom is 0.256 e. The minimum atomic E-state index is -0.283. The molecule has 1 fully saturated rings. The first-order valence-electron chi connectivity index (χ1n) is 9.73. The smallest absolute Gasteiger partial charge is 0.256 e. The number of amides is 2. The quantitative estimate of drug-likeness (QED) is 0.646. The van der Waals surface area contributed by atoms with Gasteiger partial charge in [0.05, 0.1) is 17.4 Å². The van der Waals surface area contributed by atoms with Crippen LogP contribution >= 0.6 is 0 Å². The average Bonchev–Trinajstić information content (AvgIpc) is 3.27. The van der Waals surface area contributed by atoms with Gasteiger partial charge in [0.25, 0.3) is 5.91 Å². The summed E-state index contributed by atoms with van der Waals surface area (Å²) in [5.74, 6) is -0.344. The van der Waals surface area contributed by atoms with E-state index in [1.54, 1.807) is 58.5 Å². The van der Waals surface area contributed by atoms with Crippen LogP contribution in [0.1, 0.15) is 15.9 Å². The van der Waals surface area contributed by atoms with E-state index in [0.717, 1.165) is 5.56 Å². The summed E-state index contributed by atoms with van der Waals surface area (Å²) in [5, 5.41) is 4.24. The molecule has 0 spiro atoms. The Morgan fingerprint density at radius 3 is 2.73 bits per heavy atom. The topological polar surface area (TPSA) is 80.6 Å². The lowest BCUT2D eigenvalue weighted by Crippen LogP contribution is -2.40. The number of benzene rings is 1. The Morgan fingerprint density at radius 1 is 1.13 bits per heavy atom. The highest BCUT2D eigenvalue weighted by molar-refractivity contribution is 5.99. The molecule has 8 heteroatoms. The van der Waals surface area contributed by atoms with Gasteiger partial charge in [-0.15, -0.1) is 0 Å². The van der Waals surface area contributed by atoms with Gasteiger partial charge in [0.1, 0.15) is 6.54 Å². The molecule has 0 bridgehead atoms. The standard InChI is InChI=1S/C22H23N5O3/c1-30-18-14-25(13-17-6-4-9-23-12-17)21(28)16-26(15-18)22(29)19-7-2-3-8-20(19)27-11-5-10-24-27/h2-12,18H,13-16H2,1H3. The van der Waals surface area contributed by atoms with Crippen LogP contribution in [0.2, 0.25) is 0 Å². The molecule has 1 aliphatic heterocycles. The molecule has 1 atom stereocenters. The summed E-state index contributed by atoms with van der Waals surface area (Å²) in [7, 11) is 1.60. The second-order valence-electron chi connectivity index (χ2n) is 7.15. The van der Waals surface area contributed by atoms with Crippen molar-refractivity contribution in [3.8, 4) is 5.69 Å². The maximum absolute atomic E-state index is 13.4. The number of ether oxygens (including phenoxy) is 1. The van der Waals surface area contributed by atoms with Crippen molar-refractivity contribution in [2.75, 3.05) is 26.7 Å². The van der Waals surface area contributed by atoms with Crippen molar-refractivity contribution in [3.63, 3.8) is 0 Å². The van der Waals surface area contributed by atoms with Gasteiger partial charge in [-0.25, -0.2) is 4.68 Å². The fraction of sp³-hybridized carbons (Fsp3) is 0.273. The molecule has 0 saturated carbocycles. The lowest BCUT2D eigenvalue weighted by atomic mass is 10.1. The second kappa shape index (κ2) is 8.87. The highest BCUT2D eigenvalue weighted by atomic mass is 16.5. The predicted molar refractivity (Wildman–Crippen MR) is 110 cm³/mol. The van der Waals surface area contributed by atoms with Crippen molar-refractivity contribution in [3.05, 3.63) is 78.4 Å². The number of hydrogen-bond acceptors (Lipinski definition) is 5. The highest BCUT2D eigenvalue weighted by Gasteiger charge is 2.31. The van der Waals surface area contributed by atoms with Crippen molar-refractivity contribution in [2.45, 2.75) is 12.6 Å². The molecule has 0 aliphatic carbocycles. The number of methoxy groups -OCH3 is 1. The van der Waals surface area contributed by atoms with Gasteiger partial charge in [0.2, 0.25) is 5.91 Å². The van der Waals surface area contributed by atoms with Gasteiger partial charge in [-0.1, -0.05) is 18.2 Å². The number of aromatic nitrogens is 3. The van der Waals surface area contributed by atoms with Gasteiger partial charge < -0.3 is 14.5 Å². The Labute approximate surface area is 174 Å². The summed E-state index contributed by atoms with van der Waals surface area (Å²) in [5.41, 5.74) is 2.10. The van der Waals surface area contributed by atoms with Gasteiger partial charge in [0, 0.05) is 51.5 Å². The van der Waals surface area contributed by atoms with Gasteiger partial charge in [-0.05, 0) is 29.8 Å². The van der Waals surface area contributed by atoms with Gasteiger partial charge in [0.15, 0.2) is 0 Å². The Bertz CT molecular complexity index is 1010. The van der Waals surface area contributed by atoms with E-state index in [1.807, 2.05) is 30.3 Å². The molecule has 30 heavy (non-hydrogen) atoms. The molecule has 3 aromatic rings. The van der Waals surface area contributed by atoms with Crippen LogP contribution in [0.25, 0.3) is 5.69 Å². The van der Waals surface area contributed by atoms with Crippen molar-refractivity contribution in [2.24, 2.45) is 0 Å². The number of para-hydroxylation sites is 1. The van der Waals surface area contributed by atoms with E-state index in [2.05, 4.69) is 10.1 Å². The fourth-order valence-corrected chi connectivity index (χ4v) is 3.58. The third-order valence-electron chi connectivity index (χ3n) is 5.13. The summed E-state index contributed by atoms with van der Waals surface area (Å²) in [6.07, 6.45) is 6.60. The van der Waals surface area contributed by atoms with E-state index in [4.69, 9.17) is 4.74 Å². The highest BCUT2D eigenvalue weighted by Crippen LogP contribution is 2.19. The zero-order chi connectivity index (χ0) is 20.9. The van der Waals surface area contributed by atoms with Gasteiger partial charge >= 0.3 is 0 Å². The molecule has 2 aromatic heterocycles. The van der Waals surface area contributed by atoms with E-state index in [9.17, 15) is 9.59 Å². The lowest BCUT2D eigenvalue weighted by Gasteiger charge is -2.23. The van der Waals surface area contributed by atoms with Crippen LogP contribution in [0.15, 0.2) is 67.3 Å². The minimum Gasteiger partial charge on any atom is -0.378 e. The van der Waals surface area contributed by atoms with Crippen LogP contribution in [-0.4, -0.2) is 69.2 Å². The zero-order valence-electron chi connectivity index (χ0n) is 16.7. The van der Waals surface area contributed by atoms with E-state index in [1.165, 1.54) is 0 Å². The van der Waals surface area contributed by atoms with Crippen LogP contribution in [0.4, 0.5) is 0 Å². The molecule has 4 rings (SSSR count). The summed E-state index contributed by atoms with van der Waals surface area (Å²) in [6, 6.07) is 12.8. The van der Waals surface area contributed by atoms with Crippen molar-refractivity contribution < 1.29 is 14.3 Å².